The van der Waals surface area contributed by atoms with E-state index in [1.165, 1.54) is 24.3 Å². The zero-order valence-corrected chi connectivity index (χ0v) is 21.4. The molecular weight excluding hydrogens is 539 g/mol. The highest BCUT2D eigenvalue weighted by Crippen LogP contribution is 2.25. The van der Waals surface area contributed by atoms with Crippen LogP contribution in [0.3, 0.4) is 0 Å². The maximum absolute atomic E-state index is 12.8. The number of rotatable bonds is 8. The summed E-state index contributed by atoms with van der Waals surface area (Å²) in [4.78, 5) is 38.8. The molecule has 0 bridgehead atoms. The number of nitrogens with one attached hydrogen (secondary N) is 2. The Balaban J connectivity index is 1.35. The van der Waals surface area contributed by atoms with Crippen LogP contribution in [0.1, 0.15) is 21.5 Å². The molecule has 190 valence electrons. The fourth-order valence-electron chi connectivity index (χ4n) is 3.51. The van der Waals surface area contributed by atoms with E-state index in [1.54, 1.807) is 48.5 Å². The van der Waals surface area contributed by atoms with Gasteiger partial charge < -0.3 is 10.6 Å². The fraction of sp³-hybridized carbons (Fsp3) is 0.0800. The molecule has 0 spiro atoms. The van der Waals surface area contributed by atoms with E-state index < -0.39 is 27.7 Å². The number of hydrogen-bond donors (Lipinski definition) is 3. The number of amides is 3. The first-order chi connectivity index (χ1) is 17.5. The van der Waals surface area contributed by atoms with Crippen molar-refractivity contribution >= 4 is 56.6 Å². The van der Waals surface area contributed by atoms with Gasteiger partial charge in [-0.2, -0.15) is 0 Å². The Morgan fingerprint density at radius 1 is 0.838 bits per heavy atom. The molecule has 0 aromatic heterocycles. The zero-order valence-electron chi connectivity index (χ0n) is 19.1. The number of primary sulfonamides is 1. The third-order valence-corrected chi connectivity index (χ3v) is 7.02. The van der Waals surface area contributed by atoms with Gasteiger partial charge in [-0.3, -0.25) is 19.3 Å². The van der Waals surface area contributed by atoms with Gasteiger partial charge in [-0.25, -0.2) is 13.6 Å². The lowest BCUT2D eigenvalue weighted by Crippen LogP contribution is -2.33. The summed E-state index contributed by atoms with van der Waals surface area (Å²) in [5.74, 6) is -1.52. The van der Waals surface area contributed by atoms with Crippen molar-refractivity contribution in [1.82, 2.24) is 10.2 Å². The Labute approximate surface area is 222 Å². The largest absolute Gasteiger partial charge is 0.375 e. The van der Waals surface area contributed by atoms with E-state index in [-0.39, 0.29) is 28.7 Å². The van der Waals surface area contributed by atoms with E-state index >= 15 is 0 Å². The summed E-state index contributed by atoms with van der Waals surface area (Å²) in [6.45, 7) is 0.251. The van der Waals surface area contributed by atoms with Crippen LogP contribution in [-0.2, 0) is 32.7 Å². The molecule has 1 aliphatic heterocycles. The average Bonchev–Trinajstić information content (AvgIpc) is 3.07. The van der Waals surface area contributed by atoms with E-state index in [1.807, 2.05) is 0 Å². The Morgan fingerprint density at radius 3 is 2.03 bits per heavy atom. The third kappa shape index (κ3) is 6.17. The number of nitrogens with two attached hydrogens (primary N) is 1. The second kappa shape index (κ2) is 10.7. The molecule has 12 heteroatoms. The van der Waals surface area contributed by atoms with E-state index in [4.69, 9.17) is 28.3 Å². The number of hydrogen-bond acceptors (Lipinski definition) is 6. The monoisotopic (exact) mass is 558 g/mol. The van der Waals surface area contributed by atoms with Gasteiger partial charge in [-0.1, -0.05) is 47.5 Å². The Hall–Kier alpha value is -3.70. The van der Waals surface area contributed by atoms with Gasteiger partial charge in [0.25, 0.3) is 17.7 Å². The number of carbonyl (C=O) groups excluding carboxylic acids is 3. The summed E-state index contributed by atoms with van der Waals surface area (Å²) in [6.07, 6.45) is 0. The molecule has 1 heterocycles. The summed E-state index contributed by atoms with van der Waals surface area (Å²) in [5, 5.41) is 11.0. The number of carbonyl (C=O) groups is 3. The highest BCUT2D eigenvalue weighted by molar-refractivity contribution is 7.89. The number of anilines is 1. The van der Waals surface area contributed by atoms with Gasteiger partial charge in [-0.15, -0.1) is 0 Å². The Morgan fingerprint density at radius 2 is 1.43 bits per heavy atom. The molecule has 0 saturated heterocycles. The van der Waals surface area contributed by atoms with Crippen LogP contribution in [0.15, 0.2) is 88.4 Å². The molecule has 37 heavy (non-hydrogen) atoms. The number of nitrogens with zero attached hydrogens (tertiary/aromatic N) is 1. The lowest BCUT2D eigenvalue weighted by atomic mass is 10.1. The molecule has 0 unspecified atom stereocenters. The molecule has 3 aromatic rings. The van der Waals surface area contributed by atoms with Gasteiger partial charge in [0.15, 0.2) is 0 Å². The first-order valence-corrected chi connectivity index (χ1v) is 13.1. The molecule has 0 radical (unpaired) electrons. The SMILES string of the molecule is NS(=O)(=O)c1ccc(NC(=O)c2ccc(CNC3=C(Cl)C(=O)N(Cc4ccc(Cl)cc4)C3=O)cc2)cc1. The molecule has 9 nitrogen and oxygen atoms in total. The van der Waals surface area contributed by atoms with Crippen LogP contribution >= 0.6 is 23.2 Å². The van der Waals surface area contributed by atoms with Crippen LogP contribution in [0, 0.1) is 0 Å². The predicted molar refractivity (Wildman–Crippen MR) is 139 cm³/mol. The van der Waals surface area contributed by atoms with E-state index in [0.29, 0.717) is 16.3 Å². The molecule has 3 aromatic carbocycles. The topological polar surface area (TPSA) is 139 Å². The molecule has 1 aliphatic rings. The predicted octanol–water partition coefficient (Wildman–Crippen LogP) is 3.35. The van der Waals surface area contributed by atoms with Crippen molar-refractivity contribution in [3.63, 3.8) is 0 Å². The normalized spacial score (nSPS) is 13.8. The molecule has 4 rings (SSSR count). The van der Waals surface area contributed by atoms with Gasteiger partial charge >= 0.3 is 0 Å². The van der Waals surface area contributed by atoms with Crippen molar-refractivity contribution in [3.05, 3.63) is 105 Å². The molecule has 0 aliphatic carbocycles. The Kier molecular flexibility index (Phi) is 7.65. The molecule has 0 saturated carbocycles. The summed E-state index contributed by atoms with van der Waals surface area (Å²) in [7, 11) is -3.82. The number of sulfonamides is 1. The number of halogens is 2. The number of benzene rings is 3. The smallest absolute Gasteiger partial charge is 0.278 e. The lowest BCUT2D eigenvalue weighted by Gasteiger charge is -2.15. The van der Waals surface area contributed by atoms with Gasteiger partial charge in [0.05, 0.1) is 11.4 Å². The number of imide groups is 1. The van der Waals surface area contributed by atoms with Crippen LogP contribution in [0.25, 0.3) is 0 Å². The van der Waals surface area contributed by atoms with Crippen molar-refractivity contribution in [3.8, 4) is 0 Å². The van der Waals surface area contributed by atoms with Crippen molar-refractivity contribution in [2.45, 2.75) is 18.0 Å². The van der Waals surface area contributed by atoms with Gasteiger partial charge in [0.2, 0.25) is 10.0 Å². The van der Waals surface area contributed by atoms with E-state index in [2.05, 4.69) is 10.6 Å². The quantitative estimate of drug-likeness (QED) is 0.362. The van der Waals surface area contributed by atoms with Crippen molar-refractivity contribution in [2.24, 2.45) is 5.14 Å². The minimum absolute atomic E-state index is 0.00499. The first kappa shape index (κ1) is 26.4. The molecule has 0 fully saturated rings. The van der Waals surface area contributed by atoms with Crippen molar-refractivity contribution in [1.29, 1.82) is 0 Å². The van der Waals surface area contributed by atoms with Crippen LogP contribution in [-0.4, -0.2) is 31.0 Å². The van der Waals surface area contributed by atoms with E-state index in [0.717, 1.165) is 16.0 Å². The average molecular weight is 559 g/mol. The summed E-state index contributed by atoms with van der Waals surface area (Å²) in [6, 6.07) is 18.8. The highest BCUT2D eigenvalue weighted by Gasteiger charge is 2.37. The maximum atomic E-state index is 12.8. The second-order valence-corrected chi connectivity index (χ2v) is 10.5. The maximum Gasteiger partial charge on any atom is 0.278 e. The minimum atomic E-state index is -3.82. The Bertz CT molecular complexity index is 1500. The summed E-state index contributed by atoms with van der Waals surface area (Å²) in [5.41, 5.74) is 2.23. The standard InChI is InChI=1S/C25H20Cl2N4O5S/c26-18-7-3-16(4-8-18)14-31-24(33)21(27)22(25(31)34)29-13-15-1-5-17(6-2-15)23(32)30-19-9-11-20(12-10-19)37(28,35)36/h1-12,29H,13-14H2,(H,30,32)(H2,28,35,36). The molecule has 0 atom stereocenters. The molecular formula is C25H20Cl2N4O5S. The van der Waals surface area contributed by atoms with Gasteiger partial charge in [0, 0.05) is 22.8 Å². The van der Waals surface area contributed by atoms with Crippen molar-refractivity contribution < 1.29 is 22.8 Å². The highest BCUT2D eigenvalue weighted by atomic mass is 35.5. The summed E-state index contributed by atoms with van der Waals surface area (Å²) < 4.78 is 22.7. The first-order valence-electron chi connectivity index (χ1n) is 10.8. The van der Waals surface area contributed by atoms with Crippen LogP contribution in [0.4, 0.5) is 5.69 Å². The molecule has 3 amide bonds. The van der Waals surface area contributed by atoms with E-state index in [9.17, 15) is 22.8 Å². The van der Waals surface area contributed by atoms with Crippen molar-refractivity contribution in [2.75, 3.05) is 5.32 Å². The second-order valence-electron chi connectivity index (χ2n) is 8.09. The lowest BCUT2D eigenvalue weighted by molar-refractivity contribution is -0.138. The van der Waals surface area contributed by atoms with Crippen LogP contribution < -0.4 is 15.8 Å². The minimum Gasteiger partial charge on any atom is -0.375 e. The third-order valence-electron chi connectivity index (χ3n) is 5.49. The van der Waals surface area contributed by atoms with Gasteiger partial charge in [-0.05, 0) is 59.7 Å². The molecule has 4 N–H and O–H groups in total. The summed E-state index contributed by atoms with van der Waals surface area (Å²) >= 11 is 12.0. The van der Waals surface area contributed by atoms with Crippen LogP contribution in [0.5, 0.6) is 0 Å². The van der Waals surface area contributed by atoms with Crippen LogP contribution in [0.2, 0.25) is 5.02 Å². The zero-order chi connectivity index (χ0) is 26.7. The fourth-order valence-corrected chi connectivity index (χ4v) is 4.40. The van der Waals surface area contributed by atoms with Gasteiger partial charge in [0.1, 0.15) is 10.7 Å².